The third kappa shape index (κ3) is 6.52. The van der Waals surface area contributed by atoms with Crippen LogP contribution in [0.1, 0.15) is 31.7 Å². The van der Waals surface area contributed by atoms with E-state index in [2.05, 4.69) is 11.6 Å². The zero-order valence-corrected chi connectivity index (χ0v) is 13.8. The Balaban J connectivity index is 2.41. The number of ether oxygens (including phenoxy) is 1. The fourth-order valence-electron chi connectivity index (χ4n) is 1.61. The van der Waals surface area contributed by atoms with Gasteiger partial charge in [-0.1, -0.05) is 37.7 Å². The van der Waals surface area contributed by atoms with Gasteiger partial charge in [-0.15, -0.1) is 0 Å². The van der Waals surface area contributed by atoms with E-state index in [1.54, 1.807) is 12.1 Å². The van der Waals surface area contributed by atoms with Gasteiger partial charge in [-0.25, -0.2) is 13.1 Å². The maximum absolute atomic E-state index is 12.0. The standard InChI is InChI=1S/C14H22N2O3S2/c1-2-3-10-19-11-4-9-16-21(17,18)13-7-5-12(6-8-13)14(15)20/h5-8,16H,2-4,9-11H2,1H3,(H2,15,20). The number of hydrogen-bond donors (Lipinski definition) is 2. The van der Waals surface area contributed by atoms with E-state index in [9.17, 15) is 8.42 Å². The molecule has 3 N–H and O–H groups in total. The largest absolute Gasteiger partial charge is 0.389 e. The van der Waals surface area contributed by atoms with Crippen molar-refractivity contribution in [3.05, 3.63) is 29.8 Å². The molecule has 0 radical (unpaired) electrons. The highest BCUT2D eigenvalue weighted by Gasteiger charge is 2.13. The predicted molar refractivity (Wildman–Crippen MR) is 87.9 cm³/mol. The Kier molecular flexibility index (Phi) is 7.81. The summed E-state index contributed by atoms with van der Waals surface area (Å²) in [7, 11) is -3.49. The van der Waals surface area contributed by atoms with Crippen molar-refractivity contribution >= 4 is 27.2 Å². The number of hydrogen-bond acceptors (Lipinski definition) is 4. The van der Waals surface area contributed by atoms with E-state index in [4.69, 9.17) is 22.7 Å². The third-order valence-corrected chi connectivity index (χ3v) is 4.56. The minimum Gasteiger partial charge on any atom is -0.389 e. The van der Waals surface area contributed by atoms with E-state index in [0.717, 1.165) is 19.4 Å². The first-order valence-electron chi connectivity index (χ1n) is 6.94. The smallest absolute Gasteiger partial charge is 0.240 e. The number of nitrogens with one attached hydrogen (secondary N) is 1. The van der Waals surface area contributed by atoms with Gasteiger partial charge in [0.2, 0.25) is 10.0 Å². The molecule has 0 aliphatic carbocycles. The molecule has 0 aromatic heterocycles. The Morgan fingerprint density at radius 1 is 1.24 bits per heavy atom. The molecule has 5 nitrogen and oxygen atoms in total. The van der Waals surface area contributed by atoms with Gasteiger partial charge in [-0.3, -0.25) is 0 Å². The average molecular weight is 330 g/mol. The third-order valence-electron chi connectivity index (χ3n) is 2.85. The van der Waals surface area contributed by atoms with Crippen molar-refractivity contribution in [2.24, 2.45) is 5.73 Å². The van der Waals surface area contributed by atoms with Crippen LogP contribution in [0.5, 0.6) is 0 Å². The highest BCUT2D eigenvalue weighted by atomic mass is 32.2. The fraction of sp³-hybridized carbons (Fsp3) is 0.500. The second kappa shape index (κ2) is 9.09. The van der Waals surface area contributed by atoms with Crippen molar-refractivity contribution in [1.29, 1.82) is 0 Å². The van der Waals surface area contributed by atoms with Crippen LogP contribution in [-0.2, 0) is 14.8 Å². The summed E-state index contributed by atoms with van der Waals surface area (Å²) in [6.45, 7) is 3.73. The van der Waals surface area contributed by atoms with Crippen molar-refractivity contribution in [3.8, 4) is 0 Å². The molecule has 118 valence electrons. The summed E-state index contributed by atoms with van der Waals surface area (Å²) < 4.78 is 32.0. The minimum absolute atomic E-state index is 0.203. The lowest BCUT2D eigenvalue weighted by atomic mass is 10.2. The molecule has 1 rings (SSSR count). The maximum atomic E-state index is 12.0. The van der Waals surface area contributed by atoms with Crippen molar-refractivity contribution in [2.75, 3.05) is 19.8 Å². The molecule has 0 atom stereocenters. The van der Waals surface area contributed by atoms with Gasteiger partial charge in [0, 0.05) is 25.3 Å². The zero-order valence-electron chi connectivity index (χ0n) is 12.2. The molecule has 0 aliphatic rings. The summed E-state index contributed by atoms with van der Waals surface area (Å²) in [6.07, 6.45) is 2.77. The topological polar surface area (TPSA) is 81.4 Å². The Morgan fingerprint density at radius 3 is 2.43 bits per heavy atom. The second-order valence-corrected chi connectivity index (χ2v) is 6.81. The predicted octanol–water partition coefficient (Wildman–Crippen LogP) is 1.81. The molecule has 7 heteroatoms. The fourth-order valence-corrected chi connectivity index (χ4v) is 2.82. The van der Waals surface area contributed by atoms with Crippen LogP contribution in [0.2, 0.25) is 0 Å². The summed E-state index contributed by atoms with van der Waals surface area (Å²) >= 11 is 4.83. The van der Waals surface area contributed by atoms with Crippen molar-refractivity contribution in [1.82, 2.24) is 4.72 Å². The molecule has 0 amide bonds. The number of unbranched alkanes of at least 4 members (excludes halogenated alkanes) is 1. The zero-order chi connectivity index (χ0) is 15.7. The quantitative estimate of drug-likeness (QED) is 0.505. The van der Waals surface area contributed by atoms with Crippen molar-refractivity contribution < 1.29 is 13.2 Å². The number of benzene rings is 1. The Hall–Kier alpha value is -1.02. The molecule has 1 aromatic rings. The van der Waals surface area contributed by atoms with E-state index in [1.807, 2.05) is 0 Å². The number of thiocarbonyl (C=S) groups is 1. The van der Waals surface area contributed by atoms with E-state index >= 15 is 0 Å². The minimum atomic E-state index is -3.49. The van der Waals surface area contributed by atoms with Gasteiger partial charge in [-0.2, -0.15) is 0 Å². The van der Waals surface area contributed by atoms with Gasteiger partial charge in [0.25, 0.3) is 0 Å². The Morgan fingerprint density at radius 2 is 1.86 bits per heavy atom. The lowest BCUT2D eigenvalue weighted by Crippen LogP contribution is -2.25. The van der Waals surface area contributed by atoms with Crippen LogP contribution in [0.15, 0.2) is 29.2 Å². The molecular formula is C14H22N2O3S2. The summed E-state index contributed by atoms with van der Waals surface area (Å²) in [6, 6.07) is 6.19. The molecule has 0 unspecified atom stereocenters. The van der Waals surface area contributed by atoms with Crippen LogP contribution in [-0.4, -0.2) is 33.2 Å². The monoisotopic (exact) mass is 330 g/mol. The molecule has 0 spiro atoms. The van der Waals surface area contributed by atoms with Gasteiger partial charge in [-0.05, 0) is 25.0 Å². The molecule has 0 saturated carbocycles. The van der Waals surface area contributed by atoms with E-state index in [0.29, 0.717) is 25.1 Å². The van der Waals surface area contributed by atoms with E-state index in [-0.39, 0.29) is 9.88 Å². The molecule has 0 bridgehead atoms. The van der Waals surface area contributed by atoms with Crippen LogP contribution in [0.3, 0.4) is 0 Å². The lowest BCUT2D eigenvalue weighted by Gasteiger charge is -2.08. The molecule has 1 aromatic carbocycles. The summed E-state index contributed by atoms with van der Waals surface area (Å²) in [5.74, 6) is 0. The van der Waals surface area contributed by atoms with E-state index < -0.39 is 10.0 Å². The highest BCUT2D eigenvalue weighted by molar-refractivity contribution is 7.89. The Labute approximate surface area is 131 Å². The van der Waals surface area contributed by atoms with Gasteiger partial charge in [0.05, 0.1) is 4.90 Å². The molecule has 0 fully saturated rings. The summed E-state index contributed by atoms with van der Waals surface area (Å²) in [5, 5.41) is 0. The van der Waals surface area contributed by atoms with Crippen LogP contribution in [0.4, 0.5) is 0 Å². The normalized spacial score (nSPS) is 11.5. The van der Waals surface area contributed by atoms with E-state index in [1.165, 1.54) is 12.1 Å². The van der Waals surface area contributed by atoms with Gasteiger partial charge in [0.1, 0.15) is 4.99 Å². The van der Waals surface area contributed by atoms with Gasteiger partial charge >= 0.3 is 0 Å². The first-order chi connectivity index (χ1) is 9.97. The van der Waals surface area contributed by atoms with Crippen LogP contribution < -0.4 is 10.5 Å². The highest BCUT2D eigenvalue weighted by Crippen LogP contribution is 2.10. The second-order valence-electron chi connectivity index (χ2n) is 4.61. The Bertz CT molecular complexity index is 542. The summed E-state index contributed by atoms with van der Waals surface area (Å²) in [4.78, 5) is 0.450. The maximum Gasteiger partial charge on any atom is 0.240 e. The number of sulfonamides is 1. The lowest BCUT2D eigenvalue weighted by molar-refractivity contribution is 0.130. The SMILES string of the molecule is CCCCOCCCNS(=O)(=O)c1ccc(C(N)=S)cc1. The first-order valence-corrected chi connectivity index (χ1v) is 8.84. The average Bonchev–Trinajstić information content (AvgIpc) is 2.46. The van der Waals surface area contributed by atoms with Crippen LogP contribution >= 0.6 is 12.2 Å². The molecule has 0 aliphatic heterocycles. The number of rotatable bonds is 10. The molecule has 21 heavy (non-hydrogen) atoms. The molecule has 0 saturated heterocycles. The molecule has 0 heterocycles. The first kappa shape index (κ1) is 18.0. The summed E-state index contributed by atoms with van der Waals surface area (Å²) in [5.41, 5.74) is 6.12. The van der Waals surface area contributed by atoms with Crippen molar-refractivity contribution in [2.45, 2.75) is 31.1 Å². The van der Waals surface area contributed by atoms with Gasteiger partial charge in [0.15, 0.2) is 0 Å². The van der Waals surface area contributed by atoms with Crippen LogP contribution in [0, 0.1) is 0 Å². The van der Waals surface area contributed by atoms with Crippen LogP contribution in [0.25, 0.3) is 0 Å². The van der Waals surface area contributed by atoms with Gasteiger partial charge < -0.3 is 10.5 Å². The molecular weight excluding hydrogens is 308 g/mol. The number of nitrogens with two attached hydrogens (primary N) is 1. The van der Waals surface area contributed by atoms with Crippen molar-refractivity contribution in [3.63, 3.8) is 0 Å².